The van der Waals surface area contributed by atoms with Crippen molar-refractivity contribution in [2.24, 2.45) is 0 Å². The van der Waals surface area contributed by atoms with E-state index in [4.69, 9.17) is 0 Å². The topological polar surface area (TPSA) is 29.1 Å². The Kier molecular flexibility index (Phi) is 2.58. The van der Waals surface area contributed by atoms with Gasteiger partial charge in [-0.3, -0.25) is 4.79 Å². The van der Waals surface area contributed by atoms with E-state index in [1.54, 1.807) is 0 Å². The van der Waals surface area contributed by atoms with Crippen molar-refractivity contribution in [3.05, 3.63) is 23.8 Å². The van der Waals surface area contributed by atoms with E-state index in [9.17, 15) is 13.6 Å². The van der Waals surface area contributed by atoms with Crippen LogP contribution in [0.25, 0.3) is 0 Å². The highest BCUT2D eigenvalue weighted by atomic mass is 19.1. The van der Waals surface area contributed by atoms with E-state index in [1.807, 2.05) is 0 Å². The first-order valence-electron chi connectivity index (χ1n) is 3.58. The lowest BCUT2D eigenvalue weighted by atomic mass is 10.1. The maximum absolute atomic E-state index is 12.6. The van der Waals surface area contributed by atoms with Gasteiger partial charge in [-0.2, -0.15) is 0 Å². The van der Waals surface area contributed by atoms with Crippen LogP contribution in [-0.4, -0.2) is 11.9 Å². The standard InChI is InChI=1S/C8H9F2NO/c1-5(12)11-8-3-6(9)2-7(10)4-8/h2-3,8H,4H2,1H3,(H,11,12). The Morgan fingerprint density at radius 3 is 2.83 bits per heavy atom. The molecule has 1 aliphatic carbocycles. The molecule has 1 unspecified atom stereocenters. The van der Waals surface area contributed by atoms with Gasteiger partial charge in [-0.05, 0) is 6.08 Å². The SMILES string of the molecule is CC(=O)NC1C=C(F)C=C(F)C1. The average Bonchev–Trinajstić information content (AvgIpc) is 1.81. The van der Waals surface area contributed by atoms with E-state index < -0.39 is 17.7 Å². The first-order valence-corrected chi connectivity index (χ1v) is 3.58. The van der Waals surface area contributed by atoms with Crippen molar-refractivity contribution in [3.8, 4) is 0 Å². The molecule has 1 aliphatic rings. The van der Waals surface area contributed by atoms with Crippen molar-refractivity contribution in [1.82, 2.24) is 5.32 Å². The van der Waals surface area contributed by atoms with E-state index >= 15 is 0 Å². The summed E-state index contributed by atoms with van der Waals surface area (Å²) in [7, 11) is 0. The first-order chi connectivity index (χ1) is 5.58. The third kappa shape index (κ3) is 2.45. The van der Waals surface area contributed by atoms with Gasteiger partial charge in [0.15, 0.2) is 0 Å². The second-order valence-electron chi connectivity index (χ2n) is 2.65. The van der Waals surface area contributed by atoms with Gasteiger partial charge in [0.25, 0.3) is 0 Å². The van der Waals surface area contributed by atoms with Gasteiger partial charge >= 0.3 is 0 Å². The number of allylic oxidation sites excluding steroid dienone is 2. The van der Waals surface area contributed by atoms with E-state index in [1.165, 1.54) is 13.0 Å². The smallest absolute Gasteiger partial charge is 0.217 e. The average molecular weight is 173 g/mol. The van der Waals surface area contributed by atoms with Crippen molar-refractivity contribution in [1.29, 1.82) is 0 Å². The van der Waals surface area contributed by atoms with Crippen LogP contribution >= 0.6 is 0 Å². The summed E-state index contributed by atoms with van der Waals surface area (Å²) >= 11 is 0. The summed E-state index contributed by atoms with van der Waals surface area (Å²) < 4.78 is 25.1. The number of carbonyl (C=O) groups is 1. The molecule has 66 valence electrons. The summed E-state index contributed by atoms with van der Waals surface area (Å²) in [6, 6.07) is -0.549. The number of halogens is 2. The third-order valence-electron chi connectivity index (χ3n) is 1.46. The van der Waals surface area contributed by atoms with Crippen LogP contribution in [0.5, 0.6) is 0 Å². The summed E-state index contributed by atoms with van der Waals surface area (Å²) in [4.78, 5) is 10.5. The van der Waals surface area contributed by atoms with Crippen LogP contribution in [0.1, 0.15) is 13.3 Å². The summed E-state index contributed by atoms with van der Waals surface area (Å²) in [6.45, 7) is 1.31. The molecule has 0 aromatic rings. The predicted octanol–water partition coefficient (Wildman–Crippen LogP) is 1.60. The molecular weight excluding hydrogens is 164 g/mol. The van der Waals surface area contributed by atoms with Crippen molar-refractivity contribution < 1.29 is 13.6 Å². The highest BCUT2D eigenvalue weighted by Crippen LogP contribution is 2.19. The van der Waals surface area contributed by atoms with Gasteiger partial charge in [0.2, 0.25) is 5.91 Å². The molecule has 1 amide bonds. The minimum Gasteiger partial charge on any atom is -0.350 e. The Morgan fingerprint density at radius 1 is 1.67 bits per heavy atom. The summed E-state index contributed by atoms with van der Waals surface area (Å²) in [6.07, 6.45) is 2.04. The summed E-state index contributed by atoms with van der Waals surface area (Å²) in [5, 5.41) is 2.41. The van der Waals surface area contributed by atoms with Gasteiger partial charge in [-0.25, -0.2) is 8.78 Å². The molecule has 0 saturated carbocycles. The Morgan fingerprint density at radius 2 is 2.33 bits per heavy atom. The number of nitrogens with one attached hydrogen (secondary N) is 1. The number of hydrogen-bond donors (Lipinski definition) is 1. The molecule has 1 N–H and O–H groups in total. The highest BCUT2D eigenvalue weighted by molar-refractivity contribution is 5.73. The first kappa shape index (κ1) is 8.90. The maximum Gasteiger partial charge on any atom is 0.217 e. The molecule has 0 heterocycles. The molecule has 0 fully saturated rings. The number of rotatable bonds is 1. The van der Waals surface area contributed by atoms with Crippen LogP contribution in [0, 0.1) is 0 Å². The van der Waals surface area contributed by atoms with E-state index in [2.05, 4.69) is 5.32 Å². The van der Waals surface area contributed by atoms with Gasteiger partial charge in [0.05, 0.1) is 6.04 Å². The molecule has 0 radical (unpaired) electrons. The number of carbonyl (C=O) groups excluding carboxylic acids is 1. The van der Waals surface area contributed by atoms with E-state index in [0.29, 0.717) is 0 Å². The Balaban J connectivity index is 2.61. The molecule has 0 aromatic carbocycles. The van der Waals surface area contributed by atoms with Crippen LogP contribution in [0.15, 0.2) is 23.8 Å². The van der Waals surface area contributed by atoms with Crippen LogP contribution < -0.4 is 5.32 Å². The Hall–Kier alpha value is -1.19. The fourth-order valence-electron chi connectivity index (χ4n) is 1.07. The highest BCUT2D eigenvalue weighted by Gasteiger charge is 2.15. The summed E-state index contributed by atoms with van der Waals surface area (Å²) in [5.74, 6) is -1.48. The van der Waals surface area contributed by atoms with Crippen LogP contribution in [-0.2, 0) is 4.79 Å². The normalized spacial score (nSPS) is 22.8. The predicted molar refractivity (Wildman–Crippen MR) is 40.6 cm³/mol. The van der Waals surface area contributed by atoms with Crippen molar-refractivity contribution in [2.45, 2.75) is 19.4 Å². The zero-order valence-electron chi connectivity index (χ0n) is 6.60. The van der Waals surface area contributed by atoms with Crippen LogP contribution in [0.4, 0.5) is 8.78 Å². The van der Waals surface area contributed by atoms with Gasteiger partial charge in [-0.15, -0.1) is 0 Å². The van der Waals surface area contributed by atoms with Crippen molar-refractivity contribution >= 4 is 5.91 Å². The molecule has 4 heteroatoms. The lowest BCUT2D eigenvalue weighted by Gasteiger charge is -2.15. The number of hydrogen-bond acceptors (Lipinski definition) is 1. The molecule has 0 saturated heterocycles. The van der Waals surface area contributed by atoms with Crippen LogP contribution in [0.3, 0.4) is 0 Å². The van der Waals surface area contributed by atoms with Gasteiger partial charge in [0, 0.05) is 19.4 Å². The van der Waals surface area contributed by atoms with Crippen molar-refractivity contribution in [2.75, 3.05) is 0 Å². The fourth-order valence-corrected chi connectivity index (χ4v) is 1.07. The quantitative estimate of drug-likeness (QED) is 0.641. The Bertz CT molecular complexity index is 256. The minimum atomic E-state index is -0.641. The zero-order chi connectivity index (χ0) is 9.14. The molecule has 1 atom stereocenters. The lowest BCUT2D eigenvalue weighted by molar-refractivity contribution is -0.119. The number of amides is 1. The second-order valence-corrected chi connectivity index (χ2v) is 2.65. The van der Waals surface area contributed by atoms with Gasteiger partial charge in [-0.1, -0.05) is 0 Å². The molecular formula is C8H9F2NO. The van der Waals surface area contributed by atoms with Gasteiger partial charge in [0.1, 0.15) is 11.7 Å². The van der Waals surface area contributed by atoms with E-state index in [-0.39, 0.29) is 12.3 Å². The largest absolute Gasteiger partial charge is 0.350 e. The van der Waals surface area contributed by atoms with Gasteiger partial charge < -0.3 is 5.32 Å². The van der Waals surface area contributed by atoms with E-state index in [0.717, 1.165) is 6.08 Å². The zero-order valence-corrected chi connectivity index (χ0v) is 6.60. The molecule has 0 aromatic heterocycles. The fraction of sp³-hybridized carbons (Fsp3) is 0.375. The summed E-state index contributed by atoms with van der Waals surface area (Å²) in [5.41, 5.74) is 0. The molecule has 1 rings (SSSR count). The molecule has 2 nitrogen and oxygen atoms in total. The molecule has 0 spiro atoms. The maximum atomic E-state index is 12.6. The lowest BCUT2D eigenvalue weighted by Crippen LogP contribution is -2.32. The second kappa shape index (κ2) is 3.47. The third-order valence-corrected chi connectivity index (χ3v) is 1.46. The minimum absolute atomic E-state index is 0.0347. The van der Waals surface area contributed by atoms with Crippen molar-refractivity contribution in [3.63, 3.8) is 0 Å². The van der Waals surface area contributed by atoms with Crippen LogP contribution in [0.2, 0.25) is 0 Å². The molecule has 0 aliphatic heterocycles. The molecule has 0 bridgehead atoms. The monoisotopic (exact) mass is 173 g/mol. The molecule has 12 heavy (non-hydrogen) atoms. The Labute approximate surface area is 69.0 Å².